The summed E-state index contributed by atoms with van der Waals surface area (Å²) in [5, 5.41) is 0. The number of aromatic amines is 1. The van der Waals surface area contributed by atoms with Crippen molar-refractivity contribution in [3.05, 3.63) is 12.7 Å². The number of H-pyrrole nitrogens is 1. The van der Waals surface area contributed by atoms with Crippen LogP contribution in [0.3, 0.4) is 0 Å². The van der Waals surface area contributed by atoms with Crippen molar-refractivity contribution in [1.29, 1.82) is 0 Å². The zero-order chi connectivity index (χ0) is 13.2. The second-order valence-electron chi connectivity index (χ2n) is 5.08. The monoisotopic (exact) mass is 260 g/mol. The van der Waals surface area contributed by atoms with Crippen molar-refractivity contribution < 1.29 is 0 Å². The van der Waals surface area contributed by atoms with Crippen LogP contribution in [0.2, 0.25) is 0 Å². The van der Waals surface area contributed by atoms with Gasteiger partial charge in [0.05, 0.1) is 6.33 Å². The number of hydrogen-bond acceptors (Lipinski definition) is 5. The van der Waals surface area contributed by atoms with E-state index in [2.05, 4.69) is 31.8 Å². The molecule has 0 radical (unpaired) electrons. The van der Waals surface area contributed by atoms with E-state index in [1.54, 1.807) is 12.7 Å². The third kappa shape index (κ3) is 2.06. The first-order chi connectivity index (χ1) is 9.35. The molecule has 1 saturated carbocycles. The first kappa shape index (κ1) is 12.3. The summed E-state index contributed by atoms with van der Waals surface area (Å²) in [6.45, 7) is 3.83. The van der Waals surface area contributed by atoms with E-state index in [9.17, 15) is 0 Å². The average molecular weight is 260 g/mol. The molecule has 102 valence electrons. The fourth-order valence-corrected chi connectivity index (χ4v) is 3.21. The third-order valence-corrected chi connectivity index (χ3v) is 4.14. The quantitative estimate of drug-likeness (QED) is 0.866. The van der Waals surface area contributed by atoms with Crippen molar-refractivity contribution in [3.63, 3.8) is 0 Å². The topological polar surface area (TPSA) is 83.7 Å². The summed E-state index contributed by atoms with van der Waals surface area (Å²) in [6.07, 6.45) is 6.92. The third-order valence-electron chi connectivity index (χ3n) is 4.14. The molecule has 0 saturated heterocycles. The molecule has 1 aliphatic rings. The Balaban J connectivity index is 2.00. The van der Waals surface area contributed by atoms with E-state index in [0.29, 0.717) is 12.0 Å². The molecule has 0 aliphatic heterocycles. The highest BCUT2D eigenvalue weighted by Crippen LogP contribution is 2.33. The van der Waals surface area contributed by atoms with Gasteiger partial charge in [-0.15, -0.1) is 0 Å². The van der Waals surface area contributed by atoms with Gasteiger partial charge < -0.3 is 15.6 Å². The van der Waals surface area contributed by atoms with E-state index in [1.807, 2.05) is 0 Å². The molecule has 2 atom stereocenters. The second-order valence-corrected chi connectivity index (χ2v) is 5.08. The number of fused-ring (bicyclic) bond motifs is 1. The van der Waals surface area contributed by atoms with Gasteiger partial charge in [0.1, 0.15) is 11.8 Å². The predicted octanol–water partition coefficient (Wildman–Crippen LogP) is 1.31. The molecule has 19 heavy (non-hydrogen) atoms. The number of nitrogens with two attached hydrogens (primary N) is 1. The summed E-state index contributed by atoms with van der Waals surface area (Å²) in [5.74, 6) is 1.52. The zero-order valence-corrected chi connectivity index (χ0v) is 11.2. The smallest absolute Gasteiger partial charge is 0.182 e. The molecule has 2 unspecified atom stereocenters. The van der Waals surface area contributed by atoms with Gasteiger partial charge in [-0.05, 0) is 32.2 Å². The summed E-state index contributed by atoms with van der Waals surface area (Å²) >= 11 is 0. The molecular weight excluding hydrogens is 240 g/mol. The molecule has 0 amide bonds. The molecule has 6 heteroatoms. The van der Waals surface area contributed by atoms with Gasteiger partial charge in [-0.25, -0.2) is 15.0 Å². The van der Waals surface area contributed by atoms with E-state index < -0.39 is 0 Å². The predicted molar refractivity (Wildman–Crippen MR) is 74.9 cm³/mol. The molecule has 0 aromatic carbocycles. The lowest BCUT2D eigenvalue weighted by Crippen LogP contribution is -2.41. The lowest BCUT2D eigenvalue weighted by Gasteiger charge is -2.32. The Morgan fingerprint density at radius 3 is 3.05 bits per heavy atom. The largest absolute Gasteiger partial charge is 0.352 e. The summed E-state index contributed by atoms with van der Waals surface area (Å²) in [7, 11) is 0. The van der Waals surface area contributed by atoms with Crippen LogP contribution >= 0.6 is 0 Å². The van der Waals surface area contributed by atoms with Crippen molar-refractivity contribution in [1.82, 2.24) is 19.9 Å². The molecule has 6 nitrogen and oxygen atoms in total. The highest BCUT2D eigenvalue weighted by atomic mass is 15.2. The molecule has 2 aromatic rings. The van der Waals surface area contributed by atoms with E-state index in [4.69, 9.17) is 5.73 Å². The Labute approximate surface area is 112 Å². The zero-order valence-electron chi connectivity index (χ0n) is 11.2. The number of nitrogens with one attached hydrogen (secondary N) is 1. The minimum absolute atomic E-state index is 0.483. The maximum absolute atomic E-state index is 5.91. The minimum atomic E-state index is 0.483. The number of anilines is 1. The van der Waals surface area contributed by atoms with Gasteiger partial charge in [-0.2, -0.15) is 0 Å². The number of nitrogens with zero attached hydrogens (tertiary/aromatic N) is 4. The first-order valence-electron chi connectivity index (χ1n) is 6.96. The Morgan fingerprint density at radius 1 is 1.37 bits per heavy atom. The van der Waals surface area contributed by atoms with E-state index in [-0.39, 0.29) is 0 Å². The number of rotatable bonds is 4. The molecule has 1 fully saturated rings. The van der Waals surface area contributed by atoms with Crippen molar-refractivity contribution in [2.24, 2.45) is 11.7 Å². The Bertz CT molecular complexity index is 551. The summed E-state index contributed by atoms with van der Waals surface area (Å²) in [4.78, 5) is 18.4. The highest BCUT2D eigenvalue weighted by Gasteiger charge is 2.32. The normalized spacial score (nSPS) is 23.1. The van der Waals surface area contributed by atoms with E-state index in [1.165, 1.54) is 19.3 Å². The van der Waals surface area contributed by atoms with Gasteiger partial charge in [0.25, 0.3) is 0 Å². The molecule has 3 N–H and O–H groups in total. The molecule has 1 aliphatic carbocycles. The fourth-order valence-electron chi connectivity index (χ4n) is 3.21. The Morgan fingerprint density at radius 2 is 2.26 bits per heavy atom. The van der Waals surface area contributed by atoms with Crippen LogP contribution < -0.4 is 10.6 Å². The van der Waals surface area contributed by atoms with Gasteiger partial charge in [0, 0.05) is 12.6 Å². The first-order valence-corrected chi connectivity index (χ1v) is 6.96. The van der Waals surface area contributed by atoms with E-state index >= 15 is 0 Å². The van der Waals surface area contributed by atoms with Crippen LogP contribution in [0.25, 0.3) is 11.2 Å². The average Bonchev–Trinajstić information content (AvgIpc) is 3.08. The lowest BCUT2D eigenvalue weighted by molar-refractivity contribution is 0.460. The van der Waals surface area contributed by atoms with Gasteiger partial charge >= 0.3 is 0 Å². The van der Waals surface area contributed by atoms with Crippen molar-refractivity contribution >= 4 is 17.0 Å². The number of hydrogen-bond donors (Lipinski definition) is 2. The molecule has 2 heterocycles. The molecule has 3 rings (SSSR count). The van der Waals surface area contributed by atoms with Crippen LogP contribution in [0.4, 0.5) is 5.82 Å². The van der Waals surface area contributed by atoms with Crippen LogP contribution in [-0.4, -0.2) is 39.1 Å². The van der Waals surface area contributed by atoms with Crippen molar-refractivity contribution in [2.75, 3.05) is 18.0 Å². The number of aromatic nitrogens is 4. The van der Waals surface area contributed by atoms with Crippen molar-refractivity contribution in [2.45, 2.75) is 32.2 Å². The van der Waals surface area contributed by atoms with Crippen LogP contribution in [0.5, 0.6) is 0 Å². The Hall–Kier alpha value is -1.69. The lowest BCUT2D eigenvalue weighted by atomic mass is 10.0. The SMILES string of the molecule is CCN(c1ncnc2nc[nH]c12)C1CCCC1CN. The summed E-state index contributed by atoms with van der Waals surface area (Å²) < 4.78 is 0. The molecule has 0 spiro atoms. The van der Waals surface area contributed by atoms with Crippen LogP contribution in [-0.2, 0) is 0 Å². The van der Waals surface area contributed by atoms with Gasteiger partial charge in [-0.1, -0.05) is 6.42 Å². The van der Waals surface area contributed by atoms with Gasteiger partial charge in [-0.3, -0.25) is 0 Å². The highest BCUT2D eigenvalue weighted by molar-refractivity contribution is 5.82. The summed E-state index contributed by atoms with van der Waals surface area (Å²) in [5.41, 5.74) is 7.56. The fraction of sp³-hybridized carbons (Fsp3) is 0.615. The summed E-state index contributed by atoms with van der Waals surface area (Å²) in [6, 6.07) is 0.483. The van der Waals surface area contributed by atoms with Crippen molar-refractivity contribution in [3.8, 4) is 0 Å². The van der Waals surface area contributed by atoms with Gasteiger partial charge in [0.2, 0.25) is 0 Å². The number of imidazole rings is 1. The molecule has 0 bridgehead atoms. The van der Waals surface area contributed by atoms with Crippen LogP contribution in [0, 0.1) is 5.92 Å². The standard InChI is InChI=1S/C13H20N6/c1-2-19(10-5-3-4-9(10)6-14)13-11-12(16-7-15-11)17-8-18-13/h7-10H,2-6,14H2,1H3,(H,15,16,17,18). The second kappa shape index (κ2) is 5.13. The minimum Gasteiger partial charge on any atom is -0.352 e. The Kier molecular flexibility index (Phi) is 3.33. The maximum atomic E-state index is 5.91. The molecule has 2 aromatic heterocycles. The maximum Gasteiger partial charge on any atom is 0.182 e. The van der Waals surface area contributed by atoms with Crippen LogP contribution in [0.15, 0.2) is 12.7 Å². The van der Waals surface area contributed by atoms with Gasteiger partial charge in [0.15, 0.2) is 11.5 Å². The van der Waals surface area contributed by atoms with E-state index in [0.717, 1.165) is 30.1 Å². The molecular formula is C13H20N6. The van der Waals surface area contributed by atoms with Crippen LogP contribution in [0.1, 0.15) is 26.2 Å².